The summed E-state index contributed by atoms with van der Waals surface area (Å²) in [5.74, 6) is 0.536. The van der Waals surface area contributed by atoms with Crippen LogP contribution >= 0.6 is 0 Å². The molecular weight excluding hydrogens is 278 g/mol. The second-order valence-corrected chi connectivity index (χ2v) is 6.07. The van der Waals surface area contributed by atoms with Gasteiger partial charge in [0.25, 0.3) is 0 Å². The first-order valence-electron chi connectivity index (χ1n) is 7.87. The number of fused-ring (bicyclic) bond motifs is 1. The molecule has 0 spiro atoms. The van der Waals surface area contributed by atoms with Crippen LogP contribution in [0.25, 0.3) is 5.65 Å². The van der Waals surface area contributed by atoms with Gasteiger partial charge in [-0.25, -0.2) is 9.78 Å². The number of pyridine rings is 1. The molecule has 1 fully saturated rings. The number of anilines is 1. The summed E-state index contributed by atoms with van der Waals surface area (Å²) in [4.78, 5) is 18.6. The van der Waals surface area contributed by atoms with Crippen LogP contribution in [0, 0.1) is 5.92 Å². The standard InChI is InChI=1S/C16H23N5O/c1-20-8-3-2-4-13(11-20)10-18-16(22)19-14-5-6-15-17-7-9-21(15)12-14/h5-7,9,12-13H,2-4,8,10-11H2,1H3,(H2,18,19,22). The van der Waals surface area contributed by atoms with Gasteiger partial charge in [0.2, 0.25) is 0 Å². The Bertz CT molecular complexity index is 638. The molecule has 1 atom stereocenters. The molecule has 1 saturated heterocycles. The molecule has 1 unspecified atom stereocenters. The Hall–Kier alpha value is -2.08. The lowest BCUT2D eigenvalue weighted by atomic mass is 10.0. The highest BCUT2D eigenvalue weighted by Crippen LogP contribution is 2.14. The second-order valence-electron chi connectivity index (χ2n) is 6.07. The monoisotopic (exact) mass is 301 g/mol. The van der Waals surface area contributed by atoms with E-state index in [9.17, 15) is 4.79 Å². The highest BCUT2D eigenvalue weighted by Gasteiger charge is 2.16. The molecule has 2 aromatic heterocycles. The minimum absolute atomic E-state index is 0.147. The minimum Gasteiger partial charge on any atom is -0.338 e. The lowest BCUT2D eigenvalue weighted by Gasteiger charge is -2.20. The third-order valence-electron chi connectivity index (χ3n) is 4.17. The van der Waals surface area contributed by atoms with Crippen LogP contribution in [0.15, 0.2) is 30.7 Å². The van der Waals surface area contributed by atoms with Crippen molar-refractivity contribution in [3.05, 3.63) is 30.7 Å². The molecule has 22 heavy (non-hydrogen) atoms. The maximum Gasteiger partial charge on any atom is 0.319 e. The SMILES string of the molecule is CN1CCCCC(CNC(=O)Nc2ccc3nccn3c2)C1. The van der Waals surface area contributed by atoms with E-state index in [1.807, 2.05) is 28.9 Å². The first-order valence-corrected chi connectivity index (χ1v) is 7.87. The summed E-state index contributed by atoms with van der Waals surface area (Å²) >= 11 is 0. The fourth-order valence-electron chi connectivity index (χ4n) is 3.01. The van der Waals surface area contributed by atoms with E-state index in [0.29, 0.717) is 5.92 Å². The van der Waals surface area contributed by atoms with Crippen molar-refractivity contribution in [3.63, 3.8) is 0 Å². The van der Waals surface area contributed by atoms with Gasteiger partial charge in [-0.3, -0.25) is 0 Å². The molecule has 3 rings (SSSR count). The van der Waals surface area contributed by atoms with E-state index in [0.717, 1.165) is 31.0 Å². The lowest BCUT2D eigenvalue weighted by molar-refractivity contribution is 0.246. The number of nitrogens with zero attached hydrogens (tertiary/aromatic N) is 3. The average molecular weight is 301 g/mol. The normalized spacial score (nSPS) is 19.8. The van der Waals surface area contributed by atoms with Crippen LogP contribution < -0.4 is 10.6 Å². The molecule has 3 heterocycles. The van der Waals surface area contributed by atoms with Crippen LogP contribution in [-0.4, -0.2) is 47.0 Å². The molecule has 1 aliphatic heterocycles. The second kappa shape index (κ2) is 6.79. The van der Waals surface area contributed by atoms with E-state index >= 15 is 0 Å². The van der Waals surface area contributed by atoms with Gasteiger partial charge >= 0.3 is 6.03 Å². The molecule has 6 nitrogen and oxygen atoms in total. The van der Waals surface area contributed by atoms with Crippen molar-refractivity contribution in [1.82, 2.24) is 19.6 Å². The highest BCUT2D eigenvalue weighted by atomic mass is 16.2. The number of likely N-dealkylation sites (tertiary alicyclic amines) is 1. The zero-order valence-electron chi connectivity index (χ0n) is 13.0. The molecule has 0 bridgehead atoms. The predicted molar refractivity (Wildman–Crippen MR) is 87.1 cm³/mol. The van der Waals surface area contributed by atoms with Gasteiger partial charge in [-0.15, -0.1) is 0 Å². The number of carbonyl (C=O) groups is 1. The Morgan fingerprint density at radius 2 is 2.32 bits per heavy atom. The summed E-state index contributed by atoms with van der Waals surface area (Å²) in [6, 6.07) is 3.60. The van der Waals surface area contributed by atoms with E-state index in [1.165, 1.54) is 19.3 Å². The van der Waals surface area contributed by atoms with Crippen LogP contribution in [0.5, 0.6) is 0 Å². The van der Waals surface area contributed by atoms with E-state index in [2.05, 4.69) is 27.6 Å². The summed E-state index contributed by atoms with van der Waals surface area (Å²) in [5.41, 5.74) is 1.63. The number of hydrogen-bond donors (Lipinski definition) is 2. The van der Waals surface area contributed by atoms with Crippen LogP contribution in [0.2, 0.25) is 0 Å². The van der Waals surface area contributed by atoms with Crippen molar-refractivity contribution in [2.75, 3.05) is 32.0 Å². The van der Waals surface area contributed by atoms with Crippen LogP contribution in [0.4, 0.5) is 10.5 Å². The molecule has 1 aliphatic rings. The number of carbonyl (C=O) groups excluding carboxylic acids is 1. The Balaban J connectivity index is 1.51. The van der Waals surface area contributed by atoms with Gasteiger partial charge in [0.1, 0.15) is 5.65 Å². The minimum atomic E-state index is -0.147. The maximum atomic E-state index is 12.0. The molecule has 118 valence electrons. The van der Waals surface area contributed by atoms with E-state index < -0.39 is 0 Å². The quantitative estimate of drug-likeness (QED) is 0.913. The average Bonchev–Trinajstić information content (AvgIpc) is 2.86. The molecule has 0 radical (unpaired) electrons. The van der Waals surface area contributed by atoms with Gasteiger partial charge < -0.3 is 19.9 Å². The zero-order chi connectivity index (χ0) is 15.4. The van der Waals surface area contributed by atoms with Gasteiger partial charge in [-0.1, -0.05) is 6.42 Å². The Kier molecular flexibility index (Phi) is 4.58. The fraction of sp³-hybridized carbons (Fsp3) is 0.500. The number of urea groups is 1. The van der Waals surface area contributed by atoms with Crippen molar-refractivity contribution in [3.8, 4) is 0 Å². The molecule has 2 N–H and O–H groups in total. The van der Waals surface area contributed by atoms with Gasteiger partial charge in [-0.05, 0) is 44.5 Å². The van der Waals surface area contributed by atoms with Crippen LogP contribution in [0.3, 0.4) is 0 Å². The van der Waals surface area contributed by atoms with Crippen molar-refractivity contribution in [1.29, 1.82) is 0 Å². The third-order valence-corrected chi connectivity index (χ3v) is 4.17. The first-order chi connectivity index (χ1) is 10.7. The molecular formula is C16H23N5O. The van der Waals surface area contributed by atoms with E-state index in [-0.39, 0.29) is 6.03 Å². The van der Waals surface area contributed by atoms with Crippen molar-refractivity contribution >= 4 is 17.4 Å². The number of nitrogens with one attached hydrogen (secondary N) is 2. The number of hydrogen-bond acceptors (Lipinski definition) is 3. The van der Waals surface area contributed by atoms with Crippen LogP contribution in [0.1, 0.15) is 19.3 Å². The molecule has 2 aromatic rings. The lowest BCUT2D eigenvalue weighted by Crippen LogP contribution is -2.36. The van der Waals surface area contributed by atoms with Gasteiger partial charge in [0.15, 0.2) is 0 Å². The number of imidazole rings is 1. The number of amides is 2. The van der Waals surface area contributed by atoms with Crippen molar-refractivity contribution < 1.29 is 4.79 Å². The molecule has 0 saturated carbocycles. The number of rotatable bonds is 3. The summed E-state index contributed by atoms with van der Waals surface area (Å²) in [5, 5.41) is 5.87. The molecule has 2 amide bonds. The Labute approximate surface area is 130 Å². The van der Waals surface area contributed by atoms with Crippen molar-refractivity contribution in [2.45, 2.75) is 19.3 Å². The van der Waals surface area contributed by atoms with E-state index in [4.69, 9.17) is 0 Å². The fourth-order valence-corrected chi connectivity index (χ4v) is 3.01. The van der Waals surface area contributed by atoms with Gasteiger partial charge in [0, 0.05) is 31.7 Å². The summed E-state index contributed by atoms with van der Waals surface area (Å²) < 4.78 is 1.88. The largest absolute Gasteiger partial charge is 0.338 e. The van der Waals surface area contributed by atoms with Crippen molar-refractivity contribution in [2.24, 2.45) is 5.92 Å². The molecule has 0 aromatic carbocycles. The van der Waals surface area contributed by atoms with Gasteiger partial charge in [0.05, 0.1) is 5.69 Å². The summed E-state index contributed by atoms with van der Waals surface area (Å²) in [6.45, 7) is 2.94. The van der Waals surface area contributed by atoms with E-state index in [1.54, 1.807) is 6.20 Å². The predicted octanol–water partition coefficient (Wildman–Crippen LogP) is 2.19. The van der Waals surface area contributed by atoms with Crippen LogP contribution in [-0.2, 0) is 0 Å². The summed E-state index contributed by atoms with van der Waals surface area (Å²) in [7, 11) is 2.15. The third kappa shape index (κ3) is 3.76. The maximum absolute atomic E-state index is 12.0. The topological polar surface area (TPSA) is 61.7 Å². The first kappa shape index (κ1) is 14.8. The Morgan fingerprint density at radius 3 is 3.23 bits per heavy atom. The number of aromatic nitrogens is 2. The molecule has 6 heteroatoms. The van der Waals surface area contributed by atoms with Gasteiger partial charge in [-0.2, -0.15) is 0 Å². The Morgan fingerprint density at radius 1 is 1.41 bits per heavy atom. The smallest absolute Gasteiger partial charge is 0.319 e. The summed E-state index contributed by atoms with van der Waals surface area (Å²) in [6.07, 6.45) is 9.15. The zero-order valence-corrected chi connectivity index (χ0v) is 13.0. The molecule has 0 aliphatic carbocycles. The highest BCUT2D eigenvalue weighted by molar-refractivity contribution is 5.89.